The fraction of sp³-hybridized carbons (Fsp3) is 0.333. The molecule has 1 aliphatic heterocycles. The third-order valence-electron chi connectivity index (χ3n) is 4.38. The average Bonchev–Trinajstić information content (AvgIpc) is 3.06. The van der Waals surface area contributed by atoms with Gasteiger partial charge in [0.25, 0.3) is 5.56 Å². The Morgan fingerprint density at radius 2 is 2.15 bits per heavy atom. The van der Waals surface area contributed by atoms with Crippen molar-refractivity contribution in [2.45, 2.75) is 25.8 Å². The van der Waals surface area contributed by atoms with Gasteiger partial charge in [-0.25, -0.2) is 0 Å². The van der Waals surface area contributed by atoms with Gasteiger partial charge < -0.3 is 14.3 Å². The number of nitrogens with zero attached hydrogens (tertiary/aromatic N) is 3. The topological polar surface area (TPSA) is 110 Å². The van der Waals surface area contributed by atoms with Crippen LogP contribution in [0.3, 0.4) is 0 Å². The van der Waals surface area contributed by atoms with E-state index >= 15 is 0 Å². The molecule has 1 fully saturated rings. The number of amides is 2. The van der Waals surface area contributed by atoms with Gasteiger partial charge in [-0.05, 0) is 19.1 Å². The number of benzene rings is 1. The van der Waals surface area contributed by atoms with Gasteiger partial charge in [0.15, 0.2) is 0 Å². The van der Waals surface area contributed by atoms with Crippen LogP contribution < -0.4 is 10.5 Å². The van der Waals surface area contributed by atoms with Crippen molar-refractivity contribution < 1.29 is 14.1 Å². The zero-order valence-corrected chi connectivity index (χ0v) is 14.3. The molecule has 0 aliphatic carbocycles. The highest BCUT2D eigenvalue weighted by molar-refractivity contribution is 5.99. The molecule has 134 valence electrons. The van der Waals surface area contributed by atoms with Gasteiger partial charge in [0, 0.05) is 31.5 Å². The van der Waals surface area contributed by atoms with Gasteiger partial charge in [0.05, 0.1) is 11.3 Å². The largest absolute Gasteiger partial charge is 0.384 e. The number of anilines is 1. The molecule has 0 saturated carbocycles. The van der Waals surface area contributed by atoms with Gasteiger partial charge in [0.1, 0.15) is 18.4 Å². The molecule has 0 bridgehead atoms. The fourth-order valence-electron chi connectivity index (χ4n) is 3.04. The SMILES string of the molecule is C[C@H]1CN(c2ccccc2C#N)C(=O)CN1C(=O)CCc1cc(=O)[nH]o1. The van der Waals surface area contributed by atoms with E-state index < -0.39 is 0 Å². The van der Waals surface area contributed by atoms with Crippen molar-refractivity contribution in [2.75, 3.05) is 18.0 Å². The average molecular weight is 354 g/mol. The van der Waals surface area contributed by atoms with Gasteiger partial charge >= 0.3 is 0 Å². The van der Waals surface area contributed by atoms with Crippen LogP contribution in [-0.4, -0.2) is 41.0 Å². The number of piperazine rings is 1. The summed E-state index contributed by atoms with van der Waals surface area (Å²) in [5.41, 5.74) is 0.643. The highest BCUT2D eigenvalue weighted by atomic mass is 16.5. The zero-order chi connectivity index (χ0) is 18.7. The molecule has 0 radical (unpaired) electrons. The number of carbonyl (C=O) groups is 2. The molecule has 0 unspecified atom stereocenters. The Labute approximate surface area is 149 Å². The second-order valence-corrected chi connectivity index (χ2v) is 6.18. The molecule has 2 aromatic rings. The van der Waals surface area contributed by atoms with Crippen molar-refractivity contribution in [1.82, 2.24) is 10.1 Å². The van der Waals surface area contributed by atoms with Gasteiger partial charge in [-0.3, -0.25) is 14.4 Å². The summed E-state index contributed by atoms with van der Waals surface area (Å²) < 4.78 is 4.94. The zero-order valence-electron chi connectivity index (χ0n) is 14.3. The molecule has 8 nitrogen and oxygen atoms in total. The Morgan fingerprint density at radius 1 is 1.38 bits per heavy atom. The van der Waals surface area contributed by atoms with Gasteiger partial charge in [0.2, 0.25) is 11.8 Å². The maximum atomic E-state index is 12.6. The maximum absolute atomic E-state index is 12.6. The number of nitrogens with one attached hydrogen (secondary N) is 1. The highest BCUT2D eigenvalue weighted by Crippen LogP contribution is 2.24. The van der Waals surface area contributed by atoms with Crippen LogP contribution in [0.4, 0.5) is 5.69 Å². The normalized spacial score (nSPS) is 17.2. The minimum atomic E-state index is -0.347. The minimum Gasteiger partial charge on any atom is -0.384 e. The van der Waals surface area contributed by atoms with E-state index in [1.807, 2.05) is 6.92 Å². The lowest BCUT2D eigenvalue weighted by Crippen LogP contribution is -2.57. The molecule has 1 aromatic heterocycles. The number of hydrogen-bond donors (Lipinski definition) is 1. The summed E-state index contributed by atoms with van der Waals surface area (Å²) in [5, 5.41) is 11.4. The lowest BCUT2D eigenvalue weighted by atomic mass is 10.1. The van der Waals surface area contributed by atoms with Crippen molar-refractivity contribution in [2.24, 2.45) is 0 Å². The summed E-state index contributed by atoms with van der Waals surface area (Å²) >= 11 is 0. The van der Waals surface area contributed by atoms with Crippen molar-refractivity contribution >= 4 is 17.5 Å². The van der Waals surface area contributed by atoms with E-state index in [0.717, 1.165) is 0 Å². The summed E-state index contributed by atoms with van der Waals surface area (Å²) in [6.07, 6.45) is 0.434. The third-order valence-corrected chi connectivity index (χ3v) is 4.38. The molecule has 0 spiro atoms. The Balaban J connectivity index is 1.68. The van der Waals surface area contributed by atoms with E-state index in [-0.39, 0.29) is 42.8 Å². The summed E-state index contributed by atoms with van der Waals surface area (Å²) in [6.45, 7) is 2.14. The van der Waals surface area contributed by atoms with Crippen LogP contribution in [0.15, 0.2) is 39.6 Å². The summed E-state index contributed by atoms with van der Waals surface area (Å²) in [4.78, 5) is 39.1. The van der Waals surface area contributed by atoms with Crippen LogP contribution in [0.1, 0.15) is 24.7 Å². The molecule has 1 atom stereocenters. The van der Waals surface area contributed by atoms with Crippen LogP contribution >= 0.6 is 0 Å². The molecular weight excluding hydrogens is 336 g/mol. The van der Waals surface area contributed by atoms with Crippen LogP contribution in [0.25, 0.3) is 0 Å². The lowest BCUT2D eigenvalue weighted by Gasteiger charge is -2.39. The second kappa shape index (κ2) is 7.27. The van der Waals surface area contributed by atoms with Crippen molar-refractivity contribution in [3.05, 3.63) is 52.0 Å². The molecule has 1 N–H and O–H groups in total. The van der Waals surface area contributed by atoms with E-state index in [1.54, 1.807) is 29.2 Å². The predicted octanol–water partition coefficient (Wildman–Crippen LogP) is 1.04. The molecular formula is C18H18N4O4. The molecule has 1 aliphatic rings. The third kappa shape index (κ3) is 3.52. The van der Waals surface area contributed by atoms with Gasteiger partial charge in [-0.2, -0.15) is 10.4 Å². The quantitative estimate of drug-likeness (QED) is 0.882. The van der Waals surface area contributed by atoms with Crippen molar-refractivity contribution in [1.29, 1.82) is 5.26 Å². The molecule has 2 amide bonds. The number of carbonyl (C=O) groups excluding carboxylic acids is 2. The van der Waals surface area contributed by atoms with Crippen LogP contribution in [0, 0.1) is 11.3 Å². The number of aryl methyl sites for hydroxylation is 1. The Kier molecular flexibility index (Phi) is 4.89. The molecule has 8 heteroatoms. The Morgan fingerprint density at radius 3 is 2.85 bits per heavy atom. The fourth-order valence-corrected chi connectivity index (χ4v) is 3.04. The van der Waals surface area contributed by atoms with Crippen LogP contribution in [-0.2, 0) is 16.0 Å². The minimum absolute atomic E-state index is 0.0448. The molecule has 3 rings (SSSR count). The first kappa shape index (κ1) is 17.5. The Hall–Kier alpha value is -3.34. The highest BCUT2D eigenvalue weighted by Gasteiger charge is 2.33. The van der Waals surface area contributed by atoms with E-state index in [0.29, 0.717) is 23.6 Å². The van der Waals surface area contributed by atoms with Gasteiger partial charge in [-0.15, -0.1) is 0 Å². The molecule has 2 heterocycles. The number of para-hydroxylation sites is 1. The summed E-state index contributed by atoms with van der Waals surface area (Å²) in [5.74, 6) is -0.000781. The number of H-pyrrole nitrogens is 1. The monoisotopic (exact) mass is 354 g/mol. The van der Waals surface area contributed by atoms with E-state index in [9.17, 15) is 19.6 Å². The lowest BCUT2D eigenvalue weighted by molar-refractivity contribution is -0.139. The maximum Gasteiger partial charge on any atom is 0.280 e. The standard InChI is InChI=1S/C18H18N4O4/c1-12-10-22(15-5-3-2-4-13(15)9-19)18(25)11-21(12)17(24)7-6-14-8-16(23)20-26-14/h2-5,8,12H,6-7,10-11H2,1H3,(H,20,23)/t12-/m0/s1. The van der Waals surface area contributed by atoms with E-state index in [4.69, 9.17) is 4.52 Å². The smallest absolute Gasteiger partial charge is 0.280 e. The summed E-state index contributed by atoms with van der Waals surface area (Å²) in [6, 6.07) is 10.1. The van der Waals surface area contributed by atoms with Crippen LogP contribution in [0.2, 0.25) is 0 Å². The summed E-state index contributed by atoms with van der Waals surface area (Å²) in [7, 11) is 0. The molecule has 1 saturated heterocycles. The van der Waals surface area contributed by atoms with Crippen molar-refractivity contribution in [3.63, 3.8) is 0 Å². The van der Waals surface area contributed by atoms with Crippen molar-refractivity contribution in [3.8, 4) is 6.07 Å². The first-order chi connectivity index (χ1) is 12.5. The number of nitriles is 1. The molecule has 26 heavy (non-hydrogen) atoms. The predicted molar refractivity (Wildman–Crippen MR) is 92.3 cm³/mol. The Bertz CT molecular complexity index is 924. The van der Waals surface area contributed by atoms with E-state index in [1.165, 1.54) is 11.0 Å². The van der Waals surface area contributed by atoms with E-state index in [2.05, 4.69) is 11.2 Å². The molecule has 1 aromatic carbocycles. The number of hydrogen-bond acceptors (Lipinski definition) is 5. The van der Waals surface area contributed by atoms with Crippen LogP contribution in [0.5, 0.6) is 0 Å². The number of aromatic amines is 1. The number of rotatable bonds is 4. The first-order valence-electron chi connectivity index (χ1n) is 8.26. The number of aromatic nitrogens is 1. The second-order valence-electron chi connectivity index (χ2n) is 6.18. The first-order valence-corrected chi connectivity index (χ1v) is 8.26. The van der Waals surface area contributed by atoms with Gasteiger partial charge in [-0.1, -0.05) is 12.1 Å².